The first-order valence-electron chi connectivity index (χ1n) is 7.66. The maximum absolute atomic E-state index is 4.00. The highest BCUT2D eigenvalue weighted by Crippen LogP contribution is 2.20. The van der Waals surface area contributed by atoms with E-state index in [1.807, 2.05) is 47.0 Å². The topological polar surface area (TPSA) is 6.25 Å². The minimum absolute atomic E-state index is 0.953. The molecule has 1 rings (SSSR count). The van der Waals surface area contributed by atoms with E-state index in [0.29, 0.717) is 0 Å². The average Bonchev–Trinajstić information content (AvgIpc) is 2.55. The van der Waals surface area contributed by atoms with Gasteiger partial charge in [-0.3, -0.25) is 0 Å². The first kappa shape index (κ1) is 19.7. The van der Waals surface area contributed by atoms with Gasteiger partial charge in [0.2, 0.25) is 0 Å². The third-order valence-corrected chi connectivity index (χ3v) is 5.03. The lowest BCUT2D eigenvalue weighted by atomic mass is 10.1. The molecular weight excluding hydrogens is 320 g/mol. The molecule has 0 bridgehead atoms. The number of hydrogen-bond acceptors (Lipinski definition) is 3. The van der Waals surface area contributed by atoms with Crippen molar-refractivity contribution in [1.29, 1.82) is 0 Å². The Morgan fingerprint density at radius 2 is 1.96 bits per heavy atom. The molecule has 0 aromatic heterocycles. The highest BCUT2D eigenvalue weighted by atomic mass is 33.1. The summed E-state index contributed by atoms with van der Waals surface area (Å²) >= 11 is 0. The Kier molecular flexibility index (Phi) is 9.57. The van der Waals surface area contributed by atoms with E-state index >= 15 is 0 Å². The zero-order valence-electron chi connectivity index (χ0n) is 14.4. The van der Waals surface area contributed by atoms with Crippen molar-refractivity contribution in [2.24, 2.45) is 0 Å². The number of benzene rings is 1. The van der Waals surface area contributed by atoms with Crippen LogP contribution in [-0.2, 0) is 0 Å². The van der Waals surface area contributed by atoms with Gasteiger partial charge >= 0.3 is 0 Å². The van der Waals surface area contributed by atoms with Crippen LogP contribution in [0.15, 0.2) is 54.8 Å². The van der Waals surface area contributed by atoms with Gasteiger partial charge in [0, 0.05) is 30.6 Å². The van der Waals surface area contributed by atoms with Crippen LogP contribution < -0.4 is 4.90 Å². The minimum atomic E-state index is 0.953. The number of allylic oxidation sites excluding steroid dienone is 3. The molecule has 0 unspecified atom stereocenters. The summed E-state index contributed by atoms with van der Waals surface area (Å²) in [6, 6.07) is 8.69. The van der Waals surface area contributed by atoms with Gasteiger partial charge < -0.3 is 4.90 Å². The SMILES string of the molecule is C=C(/C=C\[N+](=C)C)/C=C/c1ccc(N(CC)CCSSC)cc1. The zero-order chi connectivity index (χ0) is 17.1. The lowest BCUT2D eigenvalue weighted by Gasteiger charge is -2.22. The maximum atomic E-state index is 4.00. The quantitative estimate of drug-likeness (QED) is 0.194. The number of anilines is 1. The molecule has 124 valence electrons. The van der Waals surface area contributed by atoms with Crippen molar-refractivity contribution in [3.05, 3.63) is 60.3 Å². The highest BCUT2D eigenvalue weighted by Gasteiger charge is 2.03. The maximum Gasteiger partial charge on any atom is 0.168 e. The third kappa shape index (κ3) is 8.14. The molecule has 0 saturated heterocycles. The normalized spacial score (nSPS) is 11.3. The molecule has 0 heterocycles. The number of rotatable bonds is 10. The summed E-state index contributed by atoms with van der Waals surface area (Å²) in [4.78, 5) is 2.41. The predicted molar refractivity (Wildman–Crippen MR) is 111 cm³/mol. The van der Waals surface area contributed by atoms with Crippen LogP contribution in [0.2, 0.25) is 0 Å². The molecule has 0 aliphatic carbocycles. The van der Waals surface area contributed by atoms with Gasteiger partial charge in [-0.15, -0.1) is 0 Å². The molecule has 1 aromatic carbocycles. The van der Waals surface area contributed by atoms with E-state index in [2.05, 4.69) is 61.7 Å². The van der Waals surface area contributed by atoms with Crippen LogP contribution >= 0.6 is 21.6 Å². The highest BCUT2D eigenvalue weighted by molar-refractivity contribution is 8.76. The molecule has 0 radical (unpaired) electrons. The van der Waals surface area contributed by atoms with Crippen molar-refractivity contribution in [1.82, 2.24) is 0 Å². The lowest BCUT2D eigenvalue weighted by Crippen LogP contribution is -2.25. The molecule has 0 aliphatic rings. The third-order valence-electron chi connectivity index (χ3n) is 3.24. The van der Waals surface area contributed by atoms with Crippen molar-refractivity contribution in [2.45, 2.75) is 6.92 Å². The van der Waals surface area contributed by atoms with Crippen LogP contribution in [0.25, 0.3) is 6.08 Å². The van der Waals surface area contributed by atoms with Gasteiger partial charge in [0.1, 0.15) is 13.8 Å². The molecule has 0 amide bonds. The van der Waals surface area contributed by atoms with Crippen molar-refractivity contribution >= 4 is 40.1 Å². The van der Waals surface area contributed by atoms with Crippen LogP contribution in [0.1, 0.15) is 12.5 Å². The van der Waals surface area contributed by atoms with E-state index in [0.717, 1.165) is 24.4 Å². The van der Waals surface area contributed by atoms with Gasteiger partial charge in [-0.1, -0.05) is 52.5 Å². The fourth-order valence-corrected chi connectivity index (χ4v) is 3.16. The molecule has 23 heavy (non-hydrogen) atoms. The van der Waals surface area contributed by atoms with Gasteiger partial charge in [-0.05, 0) is 36.4 Å². The molecule has 0 spiro atoms. The van der Waals surface area contributed by atoms with E-state index in [4.69, 9.17) is 0 Å². The van der Waals surface area contributed by atoms with Crippen LogP contribution in [0.5, 0.6) is 0 Å². The average molecular weight is 348 g/mol. The Morgan fingerprint density at radius 1 is 1.26 bits per heavy atom. The molecular formula is C19H27N2S2+. The van der Waals surface area contributed by atoms with Crippen LogP contribution in [0.3, 0.4) is 0 Å². The van der Waals surface area contributed by atoms with Gasteiger partial charge in [-0.2, -0.15) is 0 Å². The molecule has 4 heteroatoms. The molecule has 0 N–H and O–H groups in total. The molecule has 1 aromatic rings. The molecule has 0 fully saturated rings. The van der Waals surface area contributed by atoms with Gasteiger partial charge in [0.25, 0.3) is 0 Å². The lowest BCUT2D eigenvalue weighted by molar-refractivity contribution is -0.412. The molecule has 0 atom stereocenters. The van der Waals surface area contributed by atoms with E-state index in [9.17, 15) is 0 Å². The second-order valence-corrected chi connectivity index (χ2v) is 7.83. The van der Waals surface area contributed by atoms with E-state index < -0.39 is 0 Å². The summed E-state index contributed by atoms with van der Waals surface area (Å²) in [5.74, 6) is 1.14. The molecule has 0 saturated carbocycles. The van der Waals surface area contributed by atoms with Crippen LogP contribution in [0.4, 0.5) is 5.69 Å². The van der Waals surface area contributed by atoms with Gasteiger partial charge in [-0.25, -0.2) is 4.58 Å². The Bertz CT molecular complexity index is 559. The zero-order valence-corrected chi connectivity index (χ0v) is 16.0. The van der Waals surface area contributed by atoms with E-state index in [1.54, 1.807) is 4.58 Å². The predicted octanol–water partition coefficient (Wildman–Crippen LogP) is 4.95. The van der Waals surface area contributed by atoms with Gasteiger partial charge in [0.15, 0.2) is 6.20 Å². The van der Waals surface area contributed by atoms with Crippen molar-refractivity contribution < 1.29 is 4.58 Å². The summed E-state index contributed by atoms with van der Waals surface area (Å²) in [5, 5.41) is 0. The molecule has 0 aliphatic heterocycles. The standard InChI is InChI=1S/C19H27N2S2/c1-6-21(15-16-23-22-5)19-11-9-18(10-12-19)8-7-17(2)13-14-20(3)4/h7-14H,2-3,6,15-16H2,1,4-5H3/q+1/b8-7+,14-13-. The Balaban J connectivity index is 2.64. The Morgan fingerprint density at radius 3 is 2.52 bits per heavy atom. The van der Waals surface area contributed by atoms with Crippen LogP contribution in [0, 0.1) is 0 Å². The fraction of sp³-hybridized carbons (Fsp3) is 0.316. The second-order valence-electron chi connectivity index (χ2n) is 5.14. The van der Waals surface area contributed by atoms with Crippen molar-refractivity contribution in [3.63, 3.8) is 0 Å². The Hall–Kier alpha value is -1.39. The fourth-order valence-electron chi connectivity index (χ4n) is 1.98. The van der Waals surface area contributed by atoms with Crippen molar-refractivity contribution in [3.8, 4) is 0 Å². The Labute approximate surface area is 149 Å². The van der Waals surface area contributed by atoms with E-state index in [-0.39, 0.29) is 0 Å². The summed E-state index contributed by atoms with van der Waals surface area (Å²) in [5.41, 5.74) is 3.42. The molecule has 2 nitrogen and oxygen atoms in total. The van der Waals surface area contributed by atoms with Crippen molar-refractivity contribution in [2.75, 3.05) is 37.0 Å². The summed E-state index contributed by atoms with van der Waals surface area (Å²) < 4.78 is 1.75. The summed E-state index contributed by atoms with van der Waals surface area (Å²) in [7, 11) is 5.63. The first-order chi connectivity index (χ1) is 11.1. The second kappa shape index (κ2) is 11.2. The summed E-state index contributed by atoms with van der Waals surface area (Å²) in [6.07, 6.45) is 10.1. The number of hydrogen-bond donors (Lipinski definition) is 0. The largest absolute Gasteiger partial charge is 0.371 e. The summed E-state index contributed by atoms with van der Waals surface area (Å²) in [6.45, 7) is 12.1. The van der Waals surface area contributed by atoms with E-state index in [1.165, 1.54) is 11.3 Å². The van der Waals surface area contributed by atoms with Crippen LogP contribution in [-0.4, -0.2) is 43.4 Å². The monoisotopic (exact) mass is 347 g/mol. The number of nitrogens with zero attached hydrogens (tertiary/aromatic N) is 2. The van der Waals surface area contributed by atoms with Gasteiger partial charge in [0.05, 0.1) is 0 Å². The minimum Gasteiger partial charge on any atom is -0.371 e. The smallest absolute Gasteiger partial charge is 0.168 e. The first-order valence-corrected chi connectivity index (χ1v) is 10.4.